The average molecular weight is 318 g/mol. The molecular formula is C17H22N2O2S. The van der Waals surface area contributed by atoms with Crippen LogP contribution in [0.25, 0.3) is 0 Å². The Morgan fingerprint density at radius 1 is 1.09 bits per heavy atom. The van der Waals surface area contributed by atoms with E-state index in [-0.39, 0.29) is 6.04 Å². The Balaban J connectivity index is 2.09. The third-order valence-corrected chi connectivity index (χ3v) is 6.73. The fourth-order valence-corrected chi connectivity index (χ4v) is 5.59. The van der Waals surface area contributed by atoms with Crippen molar-refractivity contribution in [2.24, 2.45) is 0 Å². The molecule has 22 heavy (non-hydrogen) atoms. The first kappa shape index (κ1) is 15.3. The van der Waals surface area contributed by atoms with Gasteiger partial charge in [-0.15, -0.1) is 0 Å². The molecule has 0 unspecified atom stereocenters. The molecule has 0 fully saturated rings. The van der Waals surface area contributed by atoms with Gasteiger partial charge in [0.05, 0.1) is 10.9 Å². The molecule has 0 aliphatic carbocycles. The summed E-state index contributed by atoms with van der Waals surface area (Å²) in [6.45, 7) is 8.93. The number of aromatic nitrogens is 1. The molecule has 4 nitrogen and oxygen atoms in total. The van der Waals surface area contributed by atoms with Crippen LogP contribution in [0.1, 0.15) is 35.3 Å². The monoisotopic (exact) mass is 318 g/mol. The Labute approximate surface area is 132 Å². The van der Waals surface area contributed by atoms with Crippen LogP contribution in [0.4, 0.5) is 0 Å². The molecule has 1 aliphatic heterocycles. The number of nitrogens with zero attached hydrogens (tertiary/aromatic N) is 2. The number of rotatable bonds is 2. The van der Waals surface area contributed by atoms with Crippen LogP contribution in [0, 0.1) is 20.8 Å². The molecular weight excluding hydrogens is 296 g/mol. The van der Waals surface area contributed by atoms with Crippen LogP contribution in [0.2, 0.25) is 0 Å². The molecule has 5 heteroatoms. The Morgan fingerprint density at radius 2 is 1.73 bits per heavy atom. The lowest BCUT2D eigenvalue weighted by molar-refractivity contribution is 0.282. The molecule has 3 rings (SSSR count). The van der Waals surface area contributed by atoms with Gasteiger partial charge < -0.3 is 4.57 Å². The molecule has 0 radical (unpaired) electrons. The standard InChI is InChI=1S/C17H22N2O2S/c1-12-10-13(2)17(14(3)11-12)22(20,21)19-9-8-18-7-5-6-16(18)15(19)4/h5-7,10-11,15H,8-9H2,1-4H3/t15-/m1/s1. The van der Waals surface area contributed by atoms with E-state index in [0.29, 0.717) is 18.0 Å². The first-order valence-corrected chi connectivity index (χ1v) is 9.01. The van der Waals surface area contributed by atoms with Gasteiger partial charge in [0.1, 0.15) is 0 Å². The van der Waals surface area contributed by atoms with Gasteiger partial charge in [-0.3, -0.25) is 0 Å². The highest BCUT2D eigenvalue weighted by Gasteiger charge is 2.35. The van der Waals surface area contributed by atoms with Crippen molar-refractivity contribution in [1.82, 2.24) is 8.87 Å². The summed E-state index contributed by atoms with van der Waals surface area (Å²) < 4.78 is 30.2. The smallest absolute Gasteiger partial charge is 0.244 e. The summed E-state index contributed by atoms with van der Waals surface area (Å²) in [6.07, 6.45) is 2.01. The fraction of sp³-hybridized carbons (Fsp3) is 0.412. The first-order chi connectivity index (χ1) is 10.3. The van der Waals surface area contributed by atoms with Gasteiger partial charge in [0.2, 0.25) is 10.0 Å². The van der Waals surface area contributed by atoms with E-state index in [1.54, 1.807) is 4.31 Å². The third-order valence-electron chi connectivity index (χ3n) is 4.46. The highest BCUT2D eigenvalue weighted by molar-refractivity contribution is 7.89. The van der Waals surface area contributed by atoms with Crippen LogP contribution in [0.3, 0.4) is 0 Å². The summed E-state index contributed by atoms with van der Waals surface area (Å²) in [5.74, 6) is 0. The van der Waals surface area contributed by atoms with E-state index in [1.807, 2.05) is 58.2 Å². The number of sulfonamides is 1. The van der Waals surface area contributed by atoms with Crippen LogP contribution < -0.4 is 0 Å². The number of hydrogen-bond donors (Lipinski definition) is 0. The summed E-state index contributed by atoms with van der Waals surface area (Å²) in [7, 11) is -3.49. The van der Waals surface area contributed by atoms with Crippen molar-refractivity contribution in [3.8, 4) is 0 Å². The van der Waals surface area contributed by atoms with Gasteiger partial charge in [-0.05, 0) is 51.0 Å². The molecule has 0 saturated carbocycles. The summed E-state index contributed by atoms with van der Waals surface area (Å²) in [5, 5.41) is 0. The van der Waals surface area contributed by atoms with Crippen molar-refractivity contribution in [2.45, 2.75) is 45.2 Å². The summed E-state index contributed by atoms with van der Waals surface area (Å²) in [6, 6.07) is 7.72. The number of benzene rings is 1. The highest BCUT2D eigenvalue weighted by atomic mass is 32.2. The summed E-state index contributed by atoms with van der Waals surface area (Å²) in [5.41, 5.74) is 3.79. The van der Waals surface area contributed by atoms with E-state index in [0.717, 1.165) is 22.4 Å². The van der Waals surface area contributed by atoms with Crippen molar-refractivity contribution in [3.63, 3.8) is 0 Å². The molecule has 118 valence electrons. The van der Waals surface area contributed by atoms with Crippen molar-refractivity contribution >= 4 is 10.0 Å². The van der Waals surface area contributed by atoms with Gasteiger partial charge in [-0.2, -0.15) is 4.31 Å². The van der Waals surface area contributed by atoms with Crippen LogP contribution in [-0.2, 0) is 16.6 Å². The van der Waals surface area contributed by atoms with E-state index in [2.05, 4.69) is 4.57 Å². The fourth-order valence-electron chi connectivity index (χ4n) is 3.58. The molecule has 0 N–H and O–H groups in total. The Bertz CT molecular complexity index is 798. The van der Waals surface area contributed by atoms with Crippen LogP contribution >= 0.6 is 0 Å². The second kappa shape index (κ2) is 5.25. The predicted molar refractivity (Wildman–Crippen MR) is 87.4 cm³/mol. The van der Waals surface area contributed by atoms with Crippen LogP contribution in [-0.4, -0.2) is 23.8 Å². The maximum absolute atomic E-state index is 13.2. The van der Waals surface area contributed by atoms with Crippen LogP contribution in [0.15, 0.2) is 35.4 Å². The zero-order chi connectivity index (χ0) is 16.1. The van der Waals surface area contributed by atoms with E-state index in [4.69, 9.17) is 0 Å². The van der Waals surface area contributed by atoms with Crippen molar-refractivity contribution in [1.29, 1.82) is 0 Å². The molecule has 0 bridgehead atoms. The van der Waals surface area contributed by atoms with Gasteiger partial charge in [-0.25, -0.2) is 8.42 Å². The molecule has 0 amide bonds. The molecule has 2 heterocycles. The zero-order valence-corrected chi connectivity index (χ0v) is 14.3. The maximum atomic E-state index is 13.2. The molecule has 1 aromatic carbocycles. The van der Waals surface area contributed by atoms with E-state index in [9.17, 15) is 8.42 Å². The number of hydrogen-bond acceptors (Lipinski definition) is 2. The molecule has 2 aromatic rings. The maximum Gasteiger partial charge on any atom is 0.244 e. The minimum Gasteiger partial charge on any atom is -0.349 e. The lowest BCUT2D eigenvalue weighted by Crippen LogP contribution is -2.41. The average Bonchev–Trinajstić information content (AvgIpc) is 2.86. The van der Waals surface area contributed by atoms with Crippen molar-refractivity contribution < 1.29 is 8.42 Å². The van der Waals surface area contributed by atoms with E-state index >= 15 is 0 Å². The van der Waals surface area contributed by atoms with Gasteiger partial charge >= 0.3 is 0 Å². The predicted octanol–water partition coefficient (Wildman–Crippen LogP) is 3.18. The topological polar surface area (TPSA) is 42.3 Å². The molecule has 1 atom stereocenters. The lowest BCUT2D eigenvalue weighted by atomic mass is 10.1. The van der Waals surface area contributed by atoms with Crippen LogP contribution in [0.5, 0.6) is 0 Å². The first-order valence-electron chi connectivity index (χ1n) is 7.57. The Kier molecular flexibility index (Phi) is 3.65. The normalized spacial score (nSPS) is 19.2. The van der Waals surface area contributed by atoms with E-state index in [1.165, 1.54) is 0 Å². The molecule has 0 spiro atoms. The van der Waals surface area contributed by atoms with Crippen molar-refractivity contribution in [3.05, 3.63) is 52.8 Å². The quantitative estimate of drug-likeness (QED) is 0.853. The highest BCUT2D eigenvalue weighted by Crippen LogP contribution is 2.33. The molecule has 1 aliphatic rings. The lowest BCUT2D eigenvalue weighted by Gasteiger charge is -2.34. The third kappa shape index (κ3) is 2.29. The van der Waals surface area contributed by atoms with Gasteiger partial charge in [0, 0.05) is 25.0 Å². The largest absolute Gasteiger partial charge is 0.349 e. The second-order valence-electron chi connectivity index (χ2n) is 6.15. The van der Waals surface area contributed by atoms with Gasteiger partial charge in [-0.1, -0.05) is 17.7 Å². The Hall–Kier alpha value is -1.59. The van der Waals surface area contributed by atoms with Gasteiger partial charge in [0.15, 0.2) is 0 Å². The second-order valence-corrected chi connectivity index (χ2v) is 7.97. The number of aryl methyl sites for hydroxylation is 3. The molecule has 0 saturated heterocycles. The van der Waals surface area contributed by atoms with E-state index < -0.39 is 10.0 Å². The molecule has 1 aromatic heterocycles. The SMILES string of the molecule is Cc1cc(C)c(S(=O)(=O)N2CCn3cccc3[C@H]2C)c(C)c1. The van der Waals surface area contributed by atoms with Gasteiger partial charge in [0.25, 0.3) is 0 Å². The minimum absolute atomic E-state index is 0.145. The summed E-state index contributed by atoms with van der Waals surface area (Å²) >= 11 is 0. The zero-order valence-electron chi connectivity index (χ0n) is 13.5. The van der Waals surface area contributed by atoms with Crippen molar-refractivity contribution in [2.75, 3.05) is 6.54 Å². The Morgan fingerprint density at radius 3 is 2.36 bits per heavy atom. The minimum atomic E-state index is -3.49. The number of fused-ring (bicyclic) bond motifs is 1. The summed E-state index contributed by atoms with van der Waals surface area (Å²) in [4.78, 5) is 0.463.